The second kappa shape index (κ2) is 6.09. The van der Waals surface area contributed by atoms with Gasteiger partial charge in [-0.25, -0.2) is 4.98 Å². The zero-order chi connectivity index (χ0) is 17.4. The number of imidazole rings is 1. The Bertz CT molecular complexity index is 1030. The Balaban J connectivity index is 1.52. The predicted molar refractivity (Wildman–Crippen MR) is 99.4 cm³/mol. The van der Waals surface area contributed by atoms with Crippen molar-refractivity contribution >= 4 is 27.8 Å². The van der Waals surface area contributed by atoms with Crippen molar-refractivity contribution in [2.24, 2.45) is 0 Å². The molecular weight excluding hydrogens is 312 g/mol. The molecule has 0 fully saturated rings. The summed E-state index contributed by atoms with van der Waals surface area (Å²) in [5.74, 6) is 0.756. The Morgan fingerprint density at radius 2 is 1.80 bits per heavy atom. The number of fused-ring (bicyclic) bond motifs is 2. The van der Waals surface area contributed by atoms with Crippen molar-refractivity contribution in [2.45, 2.75) is 26.3 Å². The number of amides is 1. The number of benzene rings is 2. The van der Waals surface area contributed by atoms with Gasteiger partial charge in [-0.1, -0.05) is 30.3 Å². The second-order valence-electron chi connectivity index (χ2n) is 6.38. The number of hydrogen-bond donors (Lipinski definition) is 3. The van der Waals surface area contributed by atoms with Gasteiger partial charge in [0.15, 0.2) is 0 Å². The fourth-order valence-electron chi connectivity index (χ4n) is 3.26. The molecule has 126 valence electrons. The third kappa shape index (κ3) is 2.89. The van der Waals surface area contributed by atoms with Crippen LogP contribution in [-0.2, 0) is 11.2 Å². The summed E-state index contributed by atoms with van der Waals surface area (Å²) in [6, 6.07) is 15.7. The Hall–Kier alpha value is -3.08. The molecule has 5 nitrogen and oxygen atoms in total. The zero-order valence-corrected chi connectivity index (χ0v) is 14.3. The number of H-pyrrole nitrogens is 2. The zero-order valence-electron chi connectivity index (χ0n) is 14.3. The summed E-state index contributed by atoms with van der Waals surface area (Å²) in [4.78, 5) is 23.7. The Morgan fingerprint density at radius 1 is 1.08 bits per heavy atom. The lowest BCUT2D eigenvalue weighted by Crippen LogP contribution is -2.28. The third-order valence-electron chi connectivity index (χ3n) is 4.56. The topological polar surface area (TPSA) is 73.6 Å². The summed E-state index contributed by atoms with van der Waals surface area (Å²) in [7, 11) is 0. The molecule has 0 radical (unpaired) electrons. The van der Waals surface area contributed by atoms with Gasteiger partial charge in [0.05, 0.1) is 23.5 Å². The highest BCUT2D eigenvalue weighted by Crippen LogP contribution is 2.22. The number of aromatic amines is 2. The van der Waals surface area contributed by atoms with E-state index in [1.54, 1.807) is 0 Å². The van der Waals surface area contributed by atoms with Crippen LogP contribution in [0.4, 0.5) is 0 Å². The van der Waals surface area contributed by atoms with Gasteiger partial charge in [-0.15, -0.1) is 0 Å². The molecule has 2 aromatic carbocycles. The molecule has 0 aliphatic heterocycles. The summed E-state index contributed by atoms with van der Waals surface area (Å²) < 4.78 is 0. The maximum Gasteiger partial charge on any atom is 0.225 e. The number of carbonyl (C=O) groups is 1. The van der Waals surface area contributed by atoms with Crippen LogP contribution in [0.25, 0.3) is 21.9 Å². The van der Waals surface area contributed by atoms with E-state index in [9.17, 15) is 4.79 Å². The third-order valence-corrected chi connectivity index (χ3v) is 4.56. The molecule has 1 unspecified atom stereocenters. The largest absolute Gasteiger partial charge is 0.358 e. The van der Waals surface area contributed by atoms with E-state index < -0.39 is 0 Å². The first-order valence-corrected chi connectivity index (χ1v) is 8.42. The molecular formula is C20H20N4O. The summed E-state index contributed by atoms with van der Waals surface area (Å²) in [5.41, 5.74) is 5.03. The van der Waals surface area contributed by atoms with Crippen molar-refractivity contribution in [1.82, 2.24) is 20.3 Å². The lowest BCUT2D eigenvalue weighted by Gasteiger charge is -2.11. The molecule has 0 bridgehead atoms. The van der Waals surface area contributed by atoms with Crippen LogP contribution in [0.1, 0.15) is 30.0 Å². The highest BCUT2D eigenvalue weighted by Gasteiger charge is 2.16. The number of aromatic nitrogens is 3. The maximum atomic E-state index is 12.5. The van der Waals surface area contributed by atoms with Crippen LogP contribution in [0.3, 0.4) is 0 Å². The van der Waals surface area contributed by atoms with Crippen molar-refractivity contribution in [3.8, 4) is 0 Å². The maximum absolute atomic E-state index is 12.5. The van der Waals surface area contributed by atoms with E-state index in [2.05, 4.69) is 20.3 Å². The first-order chi connectivity index (χ1) is 12.1. The van der Waals surface area contributed by atoms with Crippen LogP contribution in [0, 0.1) is 6.92 Å². The lowest BCUT2D eigenvalue weighted by molar-refractivity contribution is -0.121. The van der Waals surface area contributed by atoms with Gasteiger partial charge in [-0.2, -0.15) is 0 Å². The molecule has 0 saturated heterocycles. The number of nitrogens with one attached hydrogen (secondary N) is 3. The Kier molecular flexibility index (Phi) is 3.76. The predicted octanol–water partition coefficient (Wildman–Crippen LogP) is 3.77. The van der Waals surface area contributed by atoms with Crippen LogP contribution >= 0.6 is 0 Å². The SMILES string of the molecule is Cc1[nH]c2ccccc2c1CC(=O)NC(C)c1nc2ccccc2[nH]1. The Morgan fingerprint density at radius 3 is 2.60 bits per heavy atom. The van der Waals surface area contributed by atoms with E-state index in [1.807, 2.05) is 62.4 Å². The van der Waals surface area contributed by atoms with Crippen molar-refractivity contribution in [3.63, 3.8) is 0 Å². The minimum Gasteiger partial charge on any atom is -0.358 e. The molecule has 4 rings (SSSR count). The summed E-state index contributed by atoms with van der Waals surface area (Å²) in [6.07, 6.45) is 0.348. The van der Waals surface area contributed by atoms with Crippen molar-refractivity contribution in [2.75, 3.05) is 0 Å². The average molecular weight is 332 g/mol. The van der Waals surface area contributed by atoms with Crippen LogP contribution in [0.5, 0.6) is 0 Å². The number of rotatable bonds is 4. The molecule has 1 atom stereocenters. The van der Waals surface area contributed by atoms with Gasteiger partial charge in [0, 0.05) is 16.6 Å². The number of para-hydroxylation sites is 3. The standard InChI is InChI=1S/C20H20N4O/c1-12-15(14-7-3-4-8-16(14)21-12)11-19(25)22-13(2)20-23-17-9-5-6-10-18(17)24-20/h3-10,13,21H,11H2,1-2H3,(H,22,25)(H,23,24). The van der Waals surface area contributed by atoms with Gasteiger partial charge in [0.2, 0.25) is 5.91 Å². The molecule has 2 aromatic heterocycles. The monoisotopic (exact) mass is 332 g/mol. The summed E-state index contributed by atoms with van der Waals surface area (Å²) in [6.45, 7) is 3.95. The van der Waals surface area contributed by atoms with Crippen LogP contribution < -0.4 is 5.32 Å². The van der Waals surface area contributed by atoms with E-state index in [0.29, 0.717) is 6.42 Å². The van der Waals surface area contributed by atoms with Gasteiger partial charge in [-0.3, -0.25) is 4.79 Å². The van der Waals surface area contributed by atoms with Crippen molar-refractivity contribution < 1.29 is 4.79 Å². The van der Waals surface area contributed by atoms with Crippen molar-refractivity contribution in [3.05, 3.63) is 65.6 Å². The fourth-order valence-corrected chi connectivity index (χ4v) is 3.26. The molecule has 3 N–H and O–H groups in total. The average Bonchev–Trinajstić information content (AvgIpc) is 3.16. The molecule has 4 aromatic rings. The smallest absolute Gasteiger partial charge is 0.225 e. The van der Waals surface area contributed by atoms with Gasteiger partial charge in [-0.05, 0) is 37.6 Å². The van der Waals surface area contributed by atoms with E-state index in [-0.39, 0.29) is 11.9 Å². The molecule has 0 aliphatic carbocycles. The normalized spacial score (nSPS) is 12.6. The number of nitrogens with zero attached hydrogens (tertiary/aromatic N) is 1. The van der Waals surface area contributed by atoms with Crippen molar-refractivity contribution in [1.29, 1.82) is 0 Å². The van der Waals surface area contributed by atoms with E-state index >= 15 is 0 Å². The van der Waals surface area contributed by atoms with Crippen LogP contribution in [-0.4, -0.2) is 20.9 Å². The molecule has 2 heterocycles. The molecule has 25 heavy (non-hydrogen) atoms. The molecule has 1 amide bonds. The van der Waals surface area contributed by atoms with E-state index in [0.717, 1.165) is 39.0 Å². The number of carbonyl (C=O) groups excluding carboxylic acids is 1. The highest BCUT2D eigenvalue weighted by molar-refractivity contribution is 5.90. The summed E-state index contributed by atoms with van der Waals surface area (Å²) in [5, 5.41) is 4.14. The van der Waals surface area contributed by atoms with E-state index in [4.69, 9.17) is 0 Å². The number of hydrogen-bond acceptors (Lipinski definition) is 2. The first kappa shape index (κ1) is 15.4. The van der Waals surface area contributed by atoms with Gasteiger partial charge >= 0.3 is 0 Å². The molecule has 0 aliphatic rings. The van der Waals surface area contributed by atoms with Gasteiger partial charge in [0.25, 0.3) is 0 Å². The molecule has 0 saturated carbocycles. The minimum atomic E-state index is -0.176. The highest BCUT2D eigenvalue weighted by atomic mass is 16.1. The number of aryl methyl sites for hydroxylation is 1. The van der Waals surface area contributed by atoms with E-state index in [1.165, 1.54) is 0 Å². The fraction of sp³-hybridized carbons (Fsp3) is 0.200. The molecule has 5 heteroatoms. The first-order valence-electron chi connectivity index (χ1n) is 8.42. The Labute approximate surface area is 145 Å². The van der Waals surface area contributed by atoms with Gasteiger partial charge < -0.3 is 15.3 Å². The summed E-state index contributed by atoms with van der Waals surface area (Å²) >= 11 is 0. The van der Waals surface area contributed by atoms with Crippen LogP contribution in [0.2, 0.25) is 0 Å². The lowest BCUT2D eigenvalue weighted by atomic mass is 10.1. The van der Waals surface area contributed by atoms with Crippen LogP contribution in [0.15, 0.2) is 48.5 Å². The quantitative estimate of drug-likeness (QED) is 0.532. The second-order valence-corrected chi connectivity index (χ2v) is 6.38. The minimum absolute atomic E-state index is 0.0131. The van der Waals surface area contributed by atoms with Gasteiger partial charge in [0.1, 0.15) is 5.82 Å². The molecule has 0 spiro atoms.